The summed E-state index contributed by atoms with van der Waals surface area (Å²) in [7, 11) is 0. The van der Waals surface area contributed by atoms with Crippen LogP contribution < -0.4 is 14.8 Å². The molecular formula is C18H11ClFNO2S. The van der Waals surface area contributed by atoms with E-state index in [-0.39, 0.29) is 17.2 Å². The highest BCUT2D eigenvalue weighted by Crippen LogP contribution is 2.11. The average molecular weight is 360 g/mol. The van der Waals surface area contributed by atoms with Crippen LogP contribution in [0.1, 0.15) is 15.9 Å². The molecule has 0 amide bonds. The predicted molar refractivity (Wildman–Crippen MR) is 94.4 cm³/mol. The highest BCUT2D eigenvalue weighted by atomic mass is 35.5. The Hall–Kier alpha value is -2.50. The average Bonchev–Trinajstić information content (AvgIpc) is 2.89. The van der Waals surface area contributed by atoms with Crippen LogP contribution in [0.15, 0.2) is 53.3 Å². The summed E-state index contributed by atoms with van der Waals surface area (Å²) in [6, 6.07) is 12.4. The Bertz CT molecular complexity index is 1070. The molecule has 0 saturated heterocycles. The summed E-state index contributed by atoms with van der Waals surface area (Å²) in [6.45, 7) is 0. The number of hydrogen-bond acceptors (Lipinski definition) is 3. The van der Waals surface area contributed by atoms with E-state index < -0.39 is 0 Å². The second-order valence-corrected chi connectivity index (χ2v) is 6.52. The highest BCUT2D eigenvalue weighted by Gasteiger charge is 2.04. The number of rotatable bonds is 3. The van der Waals surface area contributed by atoms with E-state index in [9.17, 15) is 14.0 Å². The van der Waals surface area contributed by atoms with Gasteiger partial charge in [-0.15, -0.1) is 11.3 Å². The number of H-pyrrole nitrogens is 1. The molecule has 6 heteroatoms. The second-order valence-electron chi connectivity index (χ2n) is 5.00. The van der Waals surface area contributed by atoms with Gasteiger partial charge in [0.1, 0.15) is 5.82 Å². The van der Waals surface area contributed by atoms with Crippen molar-refractivity contribution in [1.82, 2.24) is 4.98 Å². The van der Waals surface area contributed by atoms with Crippen LogP contribution in [0.5, 0.6) is 0 Å². The fourth-order valence-corrected chi connectivity index (χ4v) is 3.15. The number of ketones is 1. The van der Waals surface area contributed by atoms with Crippen LogP contribution in [0.4, 0.5) is 4.39 Å². The molecule has 0 radical (unpaired) electrons. The molecule has 120 valence electrons. The van der Waals surface area contributed by atoms with Crippen molar-refractivity contribution in [3.63, 3.8) is 0 Å². The van der Waals surface area contributed by atoms with E-state index in [2.05, 4.69) is 4.98 Å². The summed E-state index contributed by atoms with van der Waals surface area (Å²) in [5.74, 6) is -0.586. The maximum Gasteiger partial charge on any atom is 0.266 e. The summed E-state index contributed by atoms with van der Waals surface area (Å²) in [5, 5.41) is 0.472. The van der Waals surface area contributed by atoms with Gasteiger partial charge < -0.3 is 4.98 Å². The summed E-state index contributed by atoms with van der Waals surface area (Å²) >= 11 is 7.03. The third kappa shape index (κ3) is 3.88. The molecule has 0 aliphatic carbocycles. The van der Waals surface area contributed by atoms with Crippen molar-refractivity contribution < 1.29 is 9.18 Å². The molecule has 3 aromatic rings. The smallest absolute Gasteiger partial charge is 0.266 e. The predicted octanol–water partition coefficient (Wildman–Crippen LogP) is 2.72. The van der Waals surface area contributed by atoms with Crippen LogP contribution in [-0.4, -0.2) is 10.8 Å². The molecule has 0 spiro atoms. The lowest BCUT2D eigenvalue weighted by atomic mass is 10.1. The molecule has 0 aliphatic rings. The third-order valence-corrected chi connectivity index (χ3v) is 4.42. The first kappa shape index (κ1) is 16.4. The van der Waals surface area contributed by atoms with Gasteiger partial charge >= 0.3 is 0 Å². The number of carbonyl (C=O) groups excluding carboxylic acids is 1. The van der Waals surface area contributed by atoms with Crippen LogP contribution in [0, 0.1) is 5.82 Å². The van der Waals surface area contributed by atoms with Crippen LogP contribution >= 0.6 is 22.9 Å². The molecule has 1 N–H and O–H groups in total. The van der Waals surface area contributed by atoms with Crippen molar-refractivity contribution in [2.24, 2.45) is 0 Å². The Morgan fingerprint density at radius 2 is 1.92 bits per heavy atom. The molecule has 0 saturated carbocycles. The van der Waals surface area contributed by atoms with Crippen LogP contribution in [0.25, 0.3) is 12.2 Å². The lowest BCUT2D eigenvalue weighted by molar-refractivity contribution is 0.106. The van der Waals surface area contributed by atoms with Gasteiger partial charge in [0.2, 0.25) is 0 Å². The van der Waals surface area contributed by atoms with Crippen molar-refractivity contribution in [2.75, 3.05) is 0 Å². The SMILES string of the molecule is O=C(C=c1[nH]c(=O)c(=Cc2ccc(F)cc2)s1)c1cccc(Cl)c1. The van der Waals surface area contributed by atoms with Crippen molar-refractivity contribution in [2.45, 2.75) is 0 Å². The molecule has 0 bridgehead atoms. The molecule has 3 nitrogen and oxygen atoms in total. The van der Waals surface area contributed by atoms with Gasteiger partial charge in [0.15, 0.2) is 5.78 Å². The Labute approximate surface area is 145 Å². The van der Waals surface area contributed by atoms with E-state index in [1.807, 2.05) is 0 Å². The minimum absolute atomic E-state index is 0.247. The van der Waals surface area contributed by atoms with Gasteiger partial charge in [0, 0.05) is 16.7 Å². The first-order valence-corrected chi connectivity index (χ1v) is 8.19. The lowest BCUT2D eigenvalue weighted by Gasteiger charge is -1.95. The molecule has 2 aromatic carbocycles. The third-order valence-electron chi connectivity index (χ3n) is 3.22. The standard InChI is InChI=1S/C18H11ClFNO2S/c19-13-3-1-2-12(9-13)15(22)10-17-21-18(23)16(24-17)8-11-4-6-14(20)7-5-11/h1-10H,(H,21,23). The highest BCUT2D eigenvalue weighted by molar-refractivity contribution is 7.07. The van der Waals surface area contributed by atoms with Gasteiger partial charge in [-0.25, -0.2) is 4.39 Å². The van der Waals surface area contributed by atoms with E-state index in [1.54, 1.807) is 42.5 Å². The van der Waals surface area contributed by atoms with Crippen LogP contribution in [0.3, 0.4) is 0 Å². The Morgan fingerprint density at radius 3 is 2.62 bits per heavy atom. The van der Waals surface area contributed by atoms with Gasteiger partial charge in [-0.1, -0.05) is 35.9 Å². The van der Waals surface area contributed by atoms with Gasteiger partial charge in [0.25, 0.3) is 5.56 Å². The quantitative estimate of drug-likeness (QED) is 0.731. The maximum absolute atomic E-state index is 12.9. The number of thiazole rings is 1. The Balaban J connectivity index is 1.98. The number of hydrogen-bond donors (Lipinski definition) is 1. The van der Waals surface area contributed by atoms with Crippen molar-refractivity contribution in [3.8, 4) is 0 Å². The molecule has 0 fully saturated rings. The zero-order valence-corrected chi connectivity index (χ0v) is 13.8. The number of halogens is 2. The molecule has 0 unspecified atom stereocenters. The van der Waals surface area contributed by atoms with Crippen molar-refractivity contribution >= 4 is 40.9 Å². The lowest BCUT2D eigenvalue weighted by Crippen LogP contribution is -2.20. The number of carbonyl (C=O) groups is 1. The number of aromatic nitrogens is 1. The maximum atomic E-state index is 12.9. The van der Waals surface area contributed by atoms with Crippen LogP contribution in [-0.2, 0) is 0 Å². The monoisotopic (exact) mass is 359 g/mol. The molecule has 0 aliphatic heterocycles. The summed E-state index contributed by atoms with van der Waals surface area (Å²) in [6.07, 6.45) is 3.00. The van der Waals surface area contributed by atoms with E-state index in [1.165, 1.54) is 18.2 Å². The summed E-state index contributed by atoms with van der Waals surface area (Å²) in [4.78, 5) is 26.8. The fourth-order valence-electron chi connectivity index (χ4n) is 2.08. The largest absolute Gasteiger partial charge is 0.313 e. The van der Waals surface area contributed by atoms with Gasteiger partial charge in [-0.05, 0) is 35.9 Å². The minimum Gasteiger partial charge on any atom is -0.313 e. The Kier molecular flexibility index (Phi) is 4.74. The number of Topliss-reactive ketones (excluding diaryl/α,β-unsaturated/α-hetero) is 1. The van der Waals surface area contributed by atoms with Gasteiger partial charge in [0.05, 0.1) is 9.20 Å². The molecule has 0 atom stereocenters. The topological polar surface area (TPSA) is 49.9 Å². The molecule has 24 heavy (non-hydrogen) atoms. The van der Waals surface area contributed by atoms with E-state index in [0.717, 1.165) is 11.3 Å². The van der Waals surface area contributed by atoms with E-state index >= 15 is 0 Å². The van der Waals surface area contributed by atoms with Gasteiger partial charge in [-0.2, -0.15) is 0 Å². The number of benzene rings is 2. The van der Waals surface area contributed by atoms with E-state index in [4.69, 9.17) is 11.6 Å². The Morgan fingerprint density at radius 1 is 1.17 bits per heavy atom. The second kappa shape index (κ2) is 6.95. The molecule has 1 heterocycles. The number of nitrogens with one attached hydrogen (secondary N) is 1. The molecule has 3 rings (SSSR count). The van der Waals surface area contributed by atoms with E-state index in [0.29, 0.717) is 25.3 Å². The van der Waals surface area contributed by atoms with Crippen molar-refractivity contribution in [1.29, 1.82) is 0 Å². The normalized spacial score (nSPS) is 12.6. The molecular weight excluding hydrogens is 349 g/mol. The zero-order chi connectivity index (χ0) is 17.1. The fraction of sp³-hybridized carbons (Fsp3) is 0. The molecule has 1 aromatic heterocycles. The summed E-state index contributed by atoms with van der Waals surface area (Å²) in [5.41, 5.74) is 0.853. The first-order valence-electron chi connectivity index (χ1n) is 6.99. The van der Waals surface area contributed by atoms with Crippen molar-refractivity contribution in [3.05, 3.63) is 90.0 Å². The van der Waals surface area contributed by atoms with Crippen LogP contribution in [0.2, 0.25) is 5.02 Å². The van der Waals surface area contributed by atoms with Gasteiger partial charge in [-0.3, -0.25) is 9.59 Å². The minimum atomic E-state index is -0.339. The summed E-state index contributed by atoms with van der Waals surface area (Å²) < 4.78 is 13.8. The zero-order valence-electron chi connectivity index (χ0n) is 12.3. The number of aromatic amines is 1. The first-order chi connectivity index (χ1) is 11.5.